The molecule has 1 nitrogen and oxygen atoms in total. The van der Waals surface area contributed by atoms with E-state index in [0.29, 0.717) is 5.92 Å². The van der Waals surface area contributed by atoms with Crippen LogP contribution < -0.4 is 5.32 Å². The molecule has 0 saturated carbocycles. The van der Waals surface area contributed by atoms with E-state index in [-0.39, 0.29) is 0 Å². The zero-order chi connectivity index (χ0) is 10.3. The number of hydrogen-bond acceptors (Lipinski definition) is 1. The predicted octanol–water partition coefficient (Wildman–Crippen LogP) is 3.84. The van der Waals surface area contributed by atoms with Gasteiger partial charge in [0.1, 0.15) is 0 Å². The van der Waals surface area contributed by atoms with Gasteiger partial charge in [-0.15, -0.1) is 0 Å². The molecule has 0 aliphatic carbocycles. The van der Waals surface area contributed by atoms with Crippen LogP contribution in [-0.4, -0.2) is 0 Å². The third-order valence-corrected chi connectivity index (χ3v) is 2.20. The maximum absolute atomic E-state index is 3.70. The monoisotopic (exact) mass is 181 g/mol. The Bertz CT molecular complexity index is 178. The van der Waals surface area contributed by atoms with Gasteiger partial charge in [-0.3, -0.25) is 0 Å². The molecule has 0 aromatic rings. The molecular weight excluding hydrogens is 158 g/mol. The van der Waals surface area contributed by atoms with Crippen molar-refractivity contribution in [3.8, 4) is 0 Å². The normalized spacial score (nSPS) is 12.7. The summed E-state index contributed by atoms with van der Waals surface area (Å²) in [4.78, 5) is 0. The van der Waals surface area contributed by atoms with Crippen molar-refractivity contribution < 1.29 is 0 Å². The molecule has 1 N–H and O–H groups in total. The summed E-state index contributed by atoms with van der Waals surface area (Å²) in [5.41, 5.74) is 2.81. The fourth-order valence-electron chi connectivity index (χ4n) is 1.47. The second-order valence-corrected chi connectivity index (χ2v) is 3.80. The van der Waals surface area contributed by atoms with Gasteiger partial charge in [-0.05, 0) is 31.9 Å². The van der Waals surface area contributed by atoms with E-state index in [2.05, 4.69) is 39.6 Å². The van der Waals surface area contributed by atoms with Crippen molar-refractivity contribution >= 4 is 0 Å². The lowest BCUT2D eigenvalue weighted by Crippen LogP contribution is -2.12. The highest BCUT2D eigenvalue weighted by Crippen LogP contribution is 2.16. The Hall–Kier alpha value is -0.720. The van der Waals surface area contributed by atoms with Crippen LogP contribution in [0.15, 0.2) is 24.0 Å². The van der Waals surface area contributed by atoms with E-state index in [1.807, 2.05) is 0 Å². The number of hydrogen-bond donors (Lipinski definition) is 1. The van der Waals surface area contributed by atoms with Crippen molar-refractivity contribution in [3.63, 3.8) is 0 Å². The van der Waals surface area contributed by atoms with Crippen LogP contribution in [0, 0.1) is 5.92 Å². The lowest BCUT2D eigenvalue weighted by atomic mass is 10.0. The first-order chi connectivity index (χ1) is 6.13. The van der Waals surface area contributed by atoms with Crippen LogP contribution in [-0.2, 0) is 0 Å². The number of unbranched alkanes of at least 4 members (excludes halogenated alkanes) is 1. The van der Waals surface area contributed by atoms with Gasteiger partial charge in [-0.2, -0.15) is 0 Å². The first-order valence-corrected chi connectivity index (χ1v) is 5.20. The van der Waals surface area contributed by atoms with E-state index >= 15 is 0 Å². The Balaban J connectivity index is 4.34. The quantitative estimate of drug-likeness (QED) is 0.656. The Kier molecular flexibility index (Phi) is 6.38. The summed E-state index contributed by atoms with van der Waals surface area (Å²) in [6, 6.07) is 0. The molecule has 1 heteroatoms. The van der Waals surface area contributed by atoms with Gasteiger partial charge in [0.2, 0.25) is 0 Å². The Labute approximate surface area is 82.9 Å². The number of rotatable bonds is 6. The summed E-state index contributed by atoms with van der Waals surface area (Å²) in [7, 11) is 0. The van der Waals surface area contributed by atoms with Crippen molar-refractivity contribution in [2.45, 2.75) is 47.0 Å². The van der Waals surface area contributed by atoms with Gasteiger partial charge >= 0.3 is 0 Å². The van der Waals surface area contributed by atoms with Crippen LogP contribution >= 0.6 is 0 Å². The maximum Gasteiger partial charge on any atom is 0.0161 e. The van der Waals surface area contributed by atoms with Crippen molar-refractivity contribution in [2.75, 3.05) is 0 Å². The predicted molar refractivity (Wildman–Crippen MR) is 60.4 cm³/mol. The highest BCUT2D eigenvalue weighted by Gasteiger charge is 2.04. The summed E-state index contributed by atoms with van der Waals surface area (Å²) >= 11 is 0. The zero-order valence-corrected chi connectivity index (χ0v) is 9.48. The molecule has 0 unspecified atom stereocenters. The van der Waals surface area contributed by atoms with Gasteiger partial charge in [0.25, 0.3) is 0 Å². The molecule has 0 bridgehead atoms. The van der Waals surface area contributed by atoms with E-state index in [1.54, 1.807) is 6.20 Å². The highest BCUT2D eigenvalue weighted by molar-refractivity contribution is 5.14. The van der Waals surface area contributed by atoms with Crippen LogP contribution in [0.1, 0.15) is 47.0 Å². The first kappa shape index (κ1) is 12.3. The van der Waals surface area contributed by atoms with Crippen LogP contribution in [0.3, 0.4) is 0 Å². The van der Waals surface area contributed by atoms with Gasteiger partial charge in [0, 0.05) is 5.70 Å². The SMILES string of the molecule is C=CN/C(=C(\C)CCCC)C(C)C. The average Bonchev–Trinajstić information content (AvgIpc) is 2.09. The fourth-order valence-corrected chi connectivity index (χ4v) is 1.47. The largest absolute Gasteiger partial charge is 0.365 e. The lowest BCUT2D eigenvalue weighted by Gasteiger charge is -2.15. The fraction of sp³-hybridized carbons (Fsp3) is 0.667. The van der Waals surface area contributed by atoms with Crippen molar-refractivity contribution in [1.82, 2.24) is 5.32 Å². The Morgan fingerprint density at radius 3 is 2.46 bits per heavy atom. The molecule has 76 valence electrons. The van der Waals surface area contributed by atoms with E-state index < -0.39 is 0 Å². The summed E-state index contributed by atoms with van der Waals surface area (Å²) in [5.74, 6) is 0.565. The second kappa shape index (κ2) is 6.76. The molecular formula is C12H23N. The molecule has 0 radical (unpaired) electrons. The molecule has 0 aliphatic heterocycles. The van der Waals surface area contributed by atoms with E-state index in [4.69, 9.17) is 0 Å². The van der Waals surface area contributed by atoms with Gasteiger partial charge in [-0.25, -0.2) is 0 Å². The smallest absolute Gasteiger partial charge is 0.0161 e. The van der Waals surface area contributed by atoms with Crippen LogP contribution in [0.5, 0.6) is 0 Å². The van der Waals surface area contributed by atoms with Crippen molar-refractivity contribution in [3.05, 3.63) is 24.0 Å². The zero-order valence-electron chi connectivity index (χ0n) is 9.48. The molecule has 0 spiro atoms. The van der Waals surface area contributed by atoms with E-state index in [1.165, 1.54) is 30.5 Å². The van der Waals surface area contributed by atoms with Gasteiger partial charge in [-0.1, -0.05) is 39.3 Å². The third kappa shape index (κ3) is 4.76. The van der Waals surface area contributed by atoms with Crippen LogP contribution in [0.25, 0.3) is 0 Å². The van der Waals surface area contributed by atoms with Crippen molar-refractivity contribution in [1.29, 1.82) is 0 Å². The Morgan fingerprint density at radius 2 is 2.08 bits per heavy atom. The van der Waals surface area contributed by atoms with Crippen LogP contribution in [0.4, 0.5) is 0 Å². The second-order valence-electron chi connectivity index (χ2n) is 3.80. The topological polar surface area (TPSA) is 12.0 Å². The van der Waals surface area contributed by atoms with E-state index in [0.717, 1.165) is 0 Å². The van der Waals surface area contributed by atoms with Gasteiger partial charge in [0.15, 0.2) is 0 Å². The lowest BCUT2D eigenvalue weighted by molar-refractivity contribution is 0.677. The maximum atomic E-state index is 3.70. The minimum atomic E-state index is 0.565. The summed E-state index contributed by atoms with van der Waals surface area (Å²) in [6.45, 7) is 12.6. The minimum Gasteiger partial charge on any atom is -0.365 e. The summed E-state index contributed by atoms with van der Waals surface area (Å²) in [6.07, 6.45) is 5.51. The Morgan fingerprint density at radius 1 is 1.46 bits per heavy atom. The third-order valence-electron chi connectivity index (χ3n) is 2.20. The van der Waals surface area contributed by atoms with E-state index in [9.17, 15) is 0 Å². The van der Waals surface area contributed by atoms with Crippen LogP contribution in [0.2, 0.25) is 0 Å². The molecule has 0 rings (SSSR count). The number of allylic oxidation sites excluding steroid dienone is 2. The van der Waals surface area contributed by atoms with Crippen molar-refractivity contribution in [2.24, 2.45) is 5.92 Å². The molecule has 0 saturated heterocycles. The molecule has 0 atom stereocenters. The molecule has 0 aromatic heterocycles. The standard InChI is InChI=1S/C12H23N/c1-6-8-9-11(5)12(10(3)4)13-7-2/h7,10,13H,2,6,8-9H2,1,3-5H3/b12-11+. The van der Waals surface area contributed by atoms with Gasteiger partial charge in [0.05, 0.1) is 0 Å². The summed E-state index contributed by atoms with van der Waals surface area (Å²) < 4.78 is 0. The minimum absolute atomic E-state index is 0.565. The molecule has 0 aliphatic rings. The first-order valence-electron chi connectivity index (χ1n) is 5.20. The molecule has 0 aromatic carbocycles. The molecule has 0 fully saturated rings. The average molecular weight is 181 g/mol. The highest BCUT2D eigenvalue weighted by atomic mass is 14.9. The summed E-state index contributed by atoms with van der Waals surface area (Å²) in [5, 5.41) is 3.23. The molecule has 13 heavy (non-hydrogen) atoms. The number of nitrogens with one attached hydrogen (secondary N) is 1. The molecule has 0 heterocycles. The van der Waals surface area contributed by atoms with Gasteiger partial charge < -0.3 is 5.32 Å². The molecule has 0 amide bonds.